The highest BCUT2D eigenvalue weighted by Gasteiger charge is 2.18. The topological polar surface area (TPSA) is 50.2 Å². The average molecular weight is 318 g/mol. The molecule has 0 bridgehead atoms. The van der Waals surface area contributed by atoms with E-state index in [4.69, 9.17) is 0 Å². The maximum Gasteiger partial charge on any atom is 0.270 e. The van der Waals surface area contributed by atoms with Crippen molar-refractivity contribution >= 4 is 5.91 Å². The summed E-state index contributed by atoms with van der Waals surface area (Å²) >= 11 is 0. The van der Waals surface area contributed by atoms with Crippen molar-refractivity contribution in [1.29, 1.82) is 0 Å². The third kappa shape index (κ3) is 4.63. The number of benzene rings is 1. The van der Waals surface area contributed by atoms with Gasteiger partial charge in [-0.2, -0.15) is 5.10 Å². The lowest BCUT2D eigenvalue weighted by Gasteiger charge is -2.21. The molecule has 0 spiro atoms. The van der Waals surface area contributed by atoms with Crippen LogP contribution in [0.1, 0.15) is 35.4 Å². The SMILES string of the molecule is CCn1nccc1C(=O)NC(CCN(C)C)c1ccc(F)cc1. The van der Waals surface area contributed by atoms with E-state index in [-0.39, 0.29) is 17.8 Å². The average Bonchev–Trinajstić information content (AvgIpc) is 3.00. The molecule has 0 aliphatic carbocycles. The third-order valence-corrected chi connectivity index (χ3v) is 3.69. The van der Waals surface area contributed by atoms with Gasteiger partial charge in [0.1, 0.15) is 11.5 Å². The minimum absolute atomic E-state index is 0.169. The van der Waals surface area contributed by atoms with Gasteiger partial charge in [0.15, 0.2) is 0 Å². The van der Waals surface area contributed by atoms with Crippen LogP contribution >= 0.6 is 0 Å². The number of rotatable bonds is 7. The first-order valence-electron chi connectivity index (χ1n) is 7.74. The second kappa shape index (κ2) is 7.87. The molecule has 1 aromatic heterocycles. The van der Waals surface area contributed by atoms with Crippen molar-refractivity contribution in [3.05, 3.63) is 53.6 Å². The molecule has 1 atom stereocenters. The second-order valence-corrected chi connectivity index (χ2v) is 5.70. The summed E-state index contributed by atoms with van der Waals surface area (Å²) in [4.78, 5) is 14.6. The van der Waals surface area contributed by atoms with Crippen LogP contribution in [0, 0.1) is 5.82 Å². The Bertz CT molecular complexity index is 636. The zero-order valence-corrected chi connectivity index (χ0v) is 13.8. The van der Waals surface area contributed by atoms with Crippen molar-refractivity contribution in [2.75, 3.05) is 20.6 Å². The van der Waals surface area contributed by atoms with E-state index in [9.17, 15) is 9.18 Å². The van der Waals surface area contributed by atoms with Gasteiger partial charge in [0, 0.05) is 12.7 Å². The Morgan fingerprint density at radius 1 is 1.30 bits per heavy atom. The van der Waals surface area contributed by atoms with Crippen molar-refractivity contribution in [2.45, 2.75) is 25.9 Å². The molecule has 124 valence electrons. The molecular weight excluding hydrogens is 295 g/mol. The first kappa shape index (κ1) is 17.1. The molecule has 1 N–H and O–H groups in total. The van der Waals surface area contributed by atoms with Crippen molar-refractivity contribution < 1.29 is 9.18 Å². The number of carbonyl (C=O) groups is 1. The summed E-state index contributed by atoms with van der Waals surface area (Å²) in [5, 5.41) is 7.16. The Morgan fingerprint density at radius 2 is 2.00 bits per heavy atom. The molecule has 2 aromatic rings. The fraction of sp³-hybridized carbons (Fsp3) is 0.412. The molecule has 1 aromatic carbocycles. The van der Waals surface area contributed by atoms with Crippen LogP contribution in [0.2, 0.25) is 0 Å². The van der Waals surface area contributed by atoms with E-state index in [1.54, 1.807) is 29.1 Å². The van der Waals surface area contributed by atoms with Gasteiger partial charge in [-0.3, -0.25) is 9.48 Å². The fourth-order valence-corrected chi connectivity index (χ4v) is 2.41. The van der Waals surface area contributed by atoms with Crippen LogP contribution < -0.4 is 5.32 Å². The van der Waals surface area contributed by atoms with Crippen molar-refractivity contribution in [3.8, 4) is 0 Å². The van der Waals surface area contributed by atoms with Gasteiger partial charge in [0.05, 0.1) is 6.04 Å². The number of aryl methyl sites for hydroxylation is 1. The van der Waals surface area contributed by atoms with Crippen LogP contribution in [-0.2, 0) is 6.54 Å². The van der Waals surface area contributed by atoms with Crippen LogP contribution in [0.15, 0.2) is 36.5 Å². The zero-order valence-electron chi connectivity index (χ0n) is 13.8. The molecule has 0 aliphatic rings. The van der Waals surface area contributed by atoms with E-state index < -0.39 is 0 Å². The molecule has 2 rings (SSSR count). The van der Waals surface area contributed by atoms with Gasteiger partial charge in [0.2, 0.25) is 0 Å². The van der Waals surface area contributed by atoms with Gasteiger partial charge in [-0.05, 0) is 57.7 Å². The number of halogens is 1. The van der Waals surface area contributed by atoms with Gasteiger partial charge in [-0.15, -0.1) is 0 Å². The number of hydrogen-bond acceptors (Lipinski definition) is 3. The Balaban J connectivity index is 2.16. The maximum atomic E-state index is 13.1. The van der Waals surface area contributed by atoms with Crippen LogP contribution in [-0.4, -0.2) is 41.2 Å². The van der Waals surface area contributed by atoms with E-state index >= 15 is 0 Å². The number of nitrogens with one attached hydrogen (secondary N) is 1. The fourth-order valence-electron chi connectivity index (χ4n) is 2.41. The third-order valence-electron chi connectivity index (χ3n) is 3.69. The molecule has 23 heavy (non-hydrogen) atoms. The van der Waals surface area contributed by atoms with Gasteiger partial charge in [0.25, 0.3) is 5.91 Å². The monoisotopic (exact) mass is 318 g/mol. The van der Waals surface area contributed by atoms with Crippen LogP contribution in [0.25, 0.3) is 0 Å². The molecule has 0 radical (unpaired) electrons. The normalized spacial score (nSPS) is 12.4. The smallest absolute Gasteiger partial charge is 0.270 e. The second-order valence-electron chi connectivity index (χ2n) is 5.70. The first-order valence-corrected chi connectivity index (χ1v) is 7.74. The lowest BCUT2D eigenvalue weighted by Crippen LogP contribution is -2.32. The number of carbonyl (C=O) groups excluding carboxylic acids is 1. The van der Waals surface area contributed by atoms with E-state index in [2.05, 4.69) is 15.3 Å². The summed E-state index contributed by atoms with van der Waals surface area (Å²) in [5.74, 6) is -0.451. The van der Waals surface area contributed by atoms with E-state index in [1.807, 2.05) is 21.0 Å². The number of amides is 1. The lowest BCUT2D eigenvalue weighted by molar-refractivity contribution is 0.0922. The Labute approximate surface area is 136 Å². The highest BCUT2D eigenvalue weighted by molar-refractivity contribution is 5.92. The van der Waals surface area contributed by atoms with Crippen molar-refractivity contribution in [3.63, 3.8) is 0 Å². The quantitative estimate of drug-likeness (QED) is 0.853. The molecule has 0 aliphatic heterocycles. The molecular formula is C17H23FN4O. The van der Waals surface area contributed by atoms with Gasteiger partial charge in [-0.1, -0.05) is 12.1 Å². The van der Waals surface area contributed by atoms with Crippen molar-refractivity contribution in [2.24, 2.45) is 0 Å². The summed E-state index contributed by atoms with van der Waals surface area (Å²) < 4.78 is 14.8. The predicted octanol–water partition coefficient (Wildman–Crippen LogP) is 2.46. The molecule has 0 saturated carbocycles. The molecule has 1 unspecified atom stereocenters. The highest BCUT2D eigenvalue weighted by atomic mass is 19.1. The highest BCUT2D eigenvalue weighted by Crippen LogP contribution is 2.18. The van der Waals surface area contributed by atoms with Crippen LogP contribution in [0.4, 0.5) is 4.39 Å². The summed E-state index contributed by atoms with van der Waals surface area (Å²) in [5.41, 5.74) is 1.42. The summed E-state index contributed by atoms with van der Waals surface area (Å²) in [6.45, 7) is 3.39. The summed E-state index contributed by atoms with van der Waals surface area (Å²) in [6, 6.07) is 7.79. The summed E-state index contributed by atoms with van der Waals surface area (Å²) in [6.07, 6.45) is 2.36. The standard InChI is InChI=1S/C17H23FN4O/c1-4-22-16(9-11-19-22)17(23)20-15(10-12-21(2)3)13-5-7-14(18)8-6-13/h5-9,11,15H,4,10,12H2,1-3H3,(H,20,23). The minimum Gasteiger partial charge on any atom is -0.344 e. The van der Waals surface area contributed by atoms with Crippen LogP contribution in [0.5, 0.6) is 0 Å². The predicted molar refractivity (Wildman–Crippen MR) is 87.7 cm³/mol. The molecule has 0 fully saturated rings. The van der Waals surface area contributed by atoms with Gasteiger partial charge in [-0.25, -0.2) is 4.39 Å². The van der Waals surface area contributed by atoms with Crippen molar-refractivity contribution in [1.82, 2.24) is 20.0 Å². The van der Waals surface area contributed by atoms with E-state index in [1.165, 1.54) is 12.1 Å². The largest absolute Gasteiger partial charge is 0.344 e. The number of aromatic nitrogens is 2. The van der Waals surface area contributed by atoms with Gasteiger partial charge >= 0.3 is 0 Å². The summed E-state index contributed by atoms with van der Waals surface area (Å²) in [7, 11) is 3.96. The Morgan fingerprint density at radius 3 is 2.61 bits per heavy atom. The zero-order chi connectivity index (χ0) is 16.8. The molecule has 1 amide bonds. The maximum absolute atomic E-state index is 13.1. The molecule has 0 saturated heterocycles. The number of nitrogens with zero attached hydrogens (tertiary/aromatic N) is 3. The van der Waals surface area contributed by atoms with Crippen LogP contribution in [0.3, 0.4) is 0 Å². The van der Waals surface area contributed by atoms with E-state index in [0.29, 0.717) is 12.2 Å². The number of hydrogen-bond donors (Lipinski definition) is 1. The lowest BCUT2D eigenvalue weighted by atomic mass is 10.0. The first-order chi connectivity index (χ1) is 11.0. The minimum atomic E-state index is -0.282. The molecule has 5 nitrogen and oxygen atoms in total. The molecule has 1 heterocycles. The molecule has 6 heteroatoms. The van der Waals surface area contributed by atoms with E-state index in [0.717, 1.165) is 18.5 Å². The Hall–Kier alpha value is -2.21. The Kier molecular flexibility index (Phi) is 5.87. The van der Waals surface area contributed by atoms with Gasteiger partial charge < -0.3 is 10.2 Å².